The van der Waals surface area contributed by atoms with Gasteiger partial charge in [0.15, 0.2) is 0 Å². The lowest BCUT2D eigenvalue weighted by Gasteiger charge is -2.11. The highest BCUT2D eigenvalue weighted by Gasteiger charge is 2.30. The topological polar surface area (TPSA) is 102 Å². The lowest BCUT2D eigenvalue weighted by molar-refractivity contribution is -0.137. The van der Waals surface area contributed by atoms with Crippen molar-refractivity contribution >= 4 is 23.2 Å². The summed E-state index contributed by atoms with van der Waals surface area (Å²) >= 11 is 0. The van der Waals surface area contributed by atoms with Crippen molar-refractivity contribution in [2.24, 2.45) is 0 Å². The van der Waals surface area contributed by atoms with Gasteiger partial charge in [-0.2, -0.15) is 13.2 Å². The van der Waals surface area contributed by atoms with Crippen molar-refractivity contribution in [3.8, 4) is 5.69 Å². The Morgan fingerprint density at radius 2 is 1.42 bits per heavy atom. The molecule has 0 radical (unpaired) electrons. The third-order valence-corrected chi connectivity index (χ3v) is 4.57. The van der Waals surface area contributed by atoms with E-state index in [4.69, 9.17) is 0 Å². The summed E-state index contributed by atoms with van der Waals surface area (Å²) in [5.74, 6) is -1.02. The molecule has 11 heteroatoms. The first kappa shape index (κ1) is 21.7. The SMILES string of the molecule is O=C(Nc1cccc(C(=O)Nc2cccc(C(F)(F)F)c2)c1)c1ccc(-n2cnnn2)cc1. The van der Waals surface area contributed by atoms with Crippen LogP contribution >= 0.6 is 0 Å². The van der Waals surface area contributed by atoms with Gasteiger partial charge in [-0.1, -0.05) is 12.1 Å². The standard InChI is InChI=1S/C22H15F3N6O2/c23-22(24,25)16-4-2-6-18(12-16)28-21(33)15-3-1-5-17(11-15)27-20(32)14-7-9-19(10-8-14)31-13-26-29-30-31/h1-13H,(H,27,32)(H,28,33). The minimum Gasteiger partial charge on any atom is -0.322 e. The molecule has 4 aromatic rings. The largest absolute Gasteiger partial charge is 0.416 e. The quantitative estimate of drug-likeness (QED) is 0.473. The molecule has 8 nitrogen and oxygen atoms in total. The lowest BCUT2D eigenvalue weighted by Crippen LogP contribution is -2.15. The Bertz CT molecular complexity index is 1290. The highest BCUT2D eigenvalue weighted by Crippen LogP contribution is 2.30. The fraction of sp³-hybridized carbons (Fsp3) is 0.0455. The van der Waals surface area contributed by atoms with E-state index in [0.717, 1.165) is 12.1 Å². The van der Waals surface area contributed by atoms with Crippen molar-refractivity contribution in [1.82, 2.24) is 20.2 Å². The van der Waals surface area contributed by atoms with E-state index in [-0.39, 0.29) is 11.3 Å². The summed E-state index contributed by atoms with van der Waals surface area (Å²) in [7, 11) is 0. The maximum Gasteiger partial charge on any atom is 0.416 e. The summed E-state index contributed by atoms with van der Waals surface area (Å²) in [5, 5.41) is 16.0. The zero-order chi connectivity index (χ0) is 23.4. The zero-order valence-corrected chi connectivity index (χ0v) is 16.7. The second-order valence-electron chi connectivity index (χ2n) is 6.87. The van der Waals surface area contributed by atoms with E-state index in [1.165, 1.54) is 35.3 Å². The number of halogens is 3. The highest BCUT2D eigenvalue weighted by atomic mass is 19.4. The number of benzene rings is 3. The Balaban J connectivity index is 1.44. The van der Waals surface area contributed by atoms with Crippen molar-refractivity contribution in [2.45, 2.75) is 6.18 Å². The van der Waals surface area contributed by atoms with Crippen LogP contribution in [0.25, 0.3) is 5.69 Å². The minimum absolute atomic E-state index is 0.00642. The van der Waals surface area contributed by atoms with Crippen molar-refractivity contribution in [1.29, 1.82) is 0 Å². The van der Waals surface area contributed by atoms with E-state index in [2.05, 4.69) is 26.2 Å². The highest BCUT2D eigenvalue weighted by molar-refractivity contribution is 6.07. The molecule has 0 spiro atoms. The summed E-state index contributed by atoms with van der Waals surface area (Å²) in [4.78, 5) is 25.1. The fourth-order valence-electron chi connectivity index (χ4n) is 2.96. The van der Waals surface area contributed by atoms with Gasteiger partial charge < -0.3 is 10.6 Å². The summed E-state index contributed by atoms with van der Waals surface area (Å²) in [6, 6.07) is 16.9. The van der Waals surface area contributed by atoms with E-state index in [9.17, 15) is 22.8 Å². The average Bonchev–Trinajstić information content (AvgIpc) is 3.34. The molecule has 0 aliphatic carbocycles. The van der Waals surface area contributed by atoms with Crippen LogP contribution in [0.2, 0.25) is 0 Å². The van der Waals surface area contributed by atoms with Crippen LogP contribution in [0.5, 0.6) is 0 Å². The predicted molar refractivity (Wildman–Crippen MR) is 113 cm³/mol. The summed E-state index contributed by atoms with van der Waals surface area (Å²) < 4.78 is 40.1. The molecule has 2 amide bonds. The Kier molecular flexibility index (Phi) is 5.85. The maximum absolute atomic E-state index is 12.9. The van der Waals surface area contributed by atoms with Crippen LogP contribution in [-0.2, 0) is 6.18 Å². The van der Waals surface area contributed by atoms with Gasteiger partial charge in [0.25, 0.3) is 11.8 Å². The summed E-state index contributed by atoms with van der Waals surface area (Å²) in [6.45, 7) is 0. The molecule has 1 heterocycles. The van der Waals surface area contributed by atoms with Crippen LogP contribution in [0.4, 0.5) is 24.5 Å². The van der Waals surface area contributed by atoms with E-state index in [1.54, 1.807) is 36.4 Å². The minimum atomic E-state index is -4.52. The first-order valence-electron chi connectivity index (χ1n) is 9.53. The molecule has 4 rings (SSSR count). The number of nitrogens with one attached hydrogen (secondary N) is 2. The Hall–Kier alpha value is -4.54. The number of alkyl halides is 3. The van der Waals surface area contributed by atoms with Gasteiger partial charge in [-0.25, -0.2) is 4.68 Å². The first-order chi connectivity index (χ1) is 15.8. The average molecular weight is 452 g/mol. The van der Waals surface area contributed by atoms with Gasteiger partial charge in [0.2, 0.25) is 0 Å². The van der Waals surface area contributed by atoms with E-state index >= 15 is 0 Å². The van der Waals surface area contributed by atoms with Crippen LogP contribution in [0.15, 0.2) is 79.1 Å². The second-order valence-corrected chi connectivity index (χ2v) is 6.87. The zero-order valence-electron chi connectivity index (χ0n) is 16.7. The number of aromatic nitrogens is 4. The number of carbonyl (C=O) groups excluding carboxylic acids is 2. The number of nitrogens with zero attached hydrogens (tertiary/aromatic N) is 4. The molecule has 0 unspecified atom stereocenters. The number of hydrogen-bond donors (Lipinski definition) is 2. The van der Waals surface area contributed by atoms with E-state index in [0.29, 0.717) is 16.9 Å². The third-order valence-electron chi connectivity index (χ3n) is 4.57. The second kappa shape index (κ2) is 8.91. The Morgan fingerprint density at radius 1 is 0.788 bits per heavy atom. The van der Waals surface area contributed by atoms with Crippen molar-refractivity contribution in [3.63, 3.8) is 0 Å². The van der Waals surface area contributed by atoms with Gasteiger partial charge in [-0.15, -0.1) is 5.10 Å². The molecule has 0 atom stereocenters. The molecule has 0 aliphatic heterocycles. The molecule has 0 saturated carbocycles. The smallest absolute Gasteiger partial charge is 0.322 e. The maximum atomic E-state index is 12.9. The molecular formula is C22H15F3N6O2. The van der Waals surface area contributed by atoms with Crippen molar-refractivity contribution in [3.05, 3.63) is 95.8 Å². The number of anilines is 2. The van der Waals surface area contributed by atoms with Gasteiger partial charge in [-0.3, -0.25) is 9.59 Å². The molecule has 166 valence electrons. The van der Waals surface area contributed by atoms with Gasteiger partial charge in [0.05, 0.1) is 11.3 Å². The summed E-state index contributed by atoms with van der Waals surface area (Å²) in [5.41, 5.74) is 0.690. The molecule has 3 aromatic carbocycles. The van der Waals surface area contributed by atoms with E-state index in [1.807, 2.05) is 0 Å². The van der Waals surface area contributed by atoms with Gasteiger partial charge >= 0.3 is 6.18 Å². The Labute approximate surface area is 185 Å². The summed E-state index contributed by atoms with van der Waals surface area (Å²) in [6.07, 6.45) is -3.10. The Morgan fingerprint density at radius 3 is 2.06 bits per heavy atom. The van der Waals surface area contributed by atoms with Gasteiger partial charge in [0.1, 0.15) is 6.33 Å². The molecule has 0 fully saturated rings. The monoisotopic (exact) mass is 452 g/mol. The number of amides is 2. The fourth-order valence-corrected chi connectivity index (χ4v) is 2.96. The third kappa shape index (κ3) is 5.21. The van der Waals surface area contributed by atoms with Crippen molar-refractivity contribution in [2.75, 3.05) is 10.6 Å². The molecule has 2 N–H and O–H groups in total. The normalized spacial score (nSPS) is 11.1. The van der Waals surface area contributed by atoms with Crippen LogP contribution in [0, 0.1) is 0 Å². The first-order valence-corrected chi connectivity index (χ1v) is 9.53. The van der Waals surface area contributed by atoms with Gasteiger partial charge in [-0.05, 0) is 71.1 Å². The molecule has 1 aromatic heterocycles. The van der Waals surface area contributed by atoms with Crippen LogP contribution < -0.4 is 10.6 Å². The lowest BCUT2D eigenvalue weighted by atomic mass is 10.1. The molecule has 33 heavy (non-hydrogen) atoms. The van der Waals surface area contributed by atoms with Crippen LogP contribution in [0.1, 0.15) is 26.3 Å². The predicted octanol–water partition coefficient (Wildman–Crippen LogP) is 4.19. The molecule has 0 saturated heterocycles. The number of tetrazole rings is 1. The van der Waals surface area contributed by atoms with Gasteiger partial charge in [0, 0.05) is 22.5 Å². The number of carbonyl (C=O) groups is 2. The molecule has 0 aliphatic rings. The molecule has 0 bridgehead atoms. The van der Waals surface area contributed by atoms with E-state index < -0.39 is 23.6 Å². The van der Waals surface area contributed by atoms with Crippen LogP contribution in [0.3, 0.4) is 0 Å². The number of hydrogen-bond acceptors (Lipinski definition) is 5. The number of rotatable bonds is 5. The van der Waals surface area contributed by atoms with Crippen LogP contribution in [-0.4, -0.2) is 32.0 Å². The molecular weight excluding hydrogens is 437 g/mol. The van der Waals surface area contributed by atoms with Crippen molar-refractivity contribution < 1.29 is 22.8 Å².